The fourth-order valence-corrected chi connectivity index (χ4v) is 4.10. The van der Waals surface area contributed by atoms with Crippen molar-refractivity contribution in [2.45, 2.75) is 45.7 Å². The van der Waals surface area contributed by atoms with E-state index in [4.69, 9.17) is 10.5 Å². The number of nitrogens with zero attached hydrogens (tertiary/aromatic N) is 2. The van der Waals surface area contributed by atoms with Gasteiger partial charge < -0.3 is 15.8 Å². The van der Waals surface area contributed by atoms with Crippen molar-refractivity contribution in [1.29, 1.82) is 0 Å². The zero-order valence-corrected chi connectivity index (χ0v) is 22.3. The average molecular weight is 530 g/mol. The minimum atomic E-state index is -4.29. The minimum Gasteiger partial charge on any atom is -0.493 e. The molecule has 2 heterocycles. The van der Waals surface area contributed by atoms with Gasteiger partial charge in [-0.1, -0.05) is 33.8 Å². The molecule has 3 rings (SSSR count). The quantitative estimate of drug-likeness (QED) is 0.350. The van der Waals surface area contributed by atoms with Gasteiger partial charge >= 0.3 is 0 Å². The molecule has 4 N–H and O–H groups in total. The molecule has 0 aliphatic heterocycles. The number of pyridine rings is 2. The van der Waals surface area contributed by atoms with Crippen LogP contribution in [0.4, 0.5) is 16.0 Å². The summed E-state index contributed by atoms with van der Waals surface area (Å²) in [5.74, 6) is -0.450. The predicted octanol–water partition coefficient (Wildman–Crippen LogP) is 4.47. The Kier molecular flexibility index (Phi) is 8.69. The third-order valence-corrected chi connectivity index (χ3v) is 6.73. The average Bonchev–Trinajstić information content (AvgIpc) is 2.82. The number of hydrogen-bond acceptors (Lipinski definition) is 8. The number of halogens is 1. The monoisotopic (exact) mass is 529 g/mol. The summed E-state index contributed by atoms with van der Waals surface area (Å²) in [5.41, 5.74) is 6.41. The molecule has 1 amide bonds. The van der Waals surface area contributed by atoms with E-state index in [0.717, 1.165) is 0 Å². The van der Waals surface area contributed by atoms with Gasteiger partial charge in [0.05, 0.1) is 17.9 Å². The second-order valence-corrected chi connectivity index (χ2v) is 11.1. The lowest BCUT2D eigenvalue weighted by Crippen LogP contribution is -2.33. The van der Waals surface area contributed by atoms with Crippen molar-refractivity contribution in [2.24, 2.45) is 11.8 Å². The van der Waals surface area contributed by atoms with Gasteiger partial charge in [0.25, 0.3) is 15.9 Å². The number of rotatable bonds is 10. The van der Waals surface area contributed by atoms with Crippen molar-refractivity contribution in [1.82, 2.24) is 14.7 Å². The Balaban J connectivity index is 1.99. The maximum absolute atomic E-state index is 14.4. The van der Waals surface area contributed by atoms with Crippen LogP contribution in [0.25, 0.3) is 11.3 Å². The molecule has 2 aromatic heterocycles. The first-order valence-electron chi connectivity index (χ1n) is 11.9. The summed E-state index contributed by atoms with van der Waals surface area (Å²) in [5, 5.41) is 2.79. The Labute approximate surface area is 216 Å². The van der Waals surface area contributed by atoms with Gasteiger partial charge in [-0.25, -0.2) is 19.1 Å². The fraction of sp³-hybridized carbons (Fsp3) is 0.346. The maximum Gasteiger partial charge on any atom is 0.281 e. The summed E-state index contributed by atoms with van der Waals surface area (Å²) in [6.45, 7) is 10.3. The van der Waals surface area contributed by atoms with Gasteiger partial charge in [0.1, 0.15) is 23.2 Å². The largest absolute Gasteiger partial charge is 0.493 e. The Morgan fingerprint density at radius 1 is 1.05 bits per heavy atom. The summed E-state index contributed by atoms with van der Waals surface area (Å²) >= 11 is 0. The minimum absolute atomic E-state index is 0.00120. The number of nitrogens with two attached hydrogens (primary N) is 1. The number of nitrogens with one attached hydrogen (secondary N) is 2. The molecule has 1 aromatic carbocycles. The molecule has 0 aliphatic rings. The molecule has 1 unspecified atom stereocenters. The second kappa shape index (κ2) is 11.5. The number of sulfonamides is 1. The molecular formula is C26H32FN5O4S. The van der Waals surface area contributed by atoms with E-state index >= 15 is 0 Å². The highest BCUT2D eigenvalue weighted by atomic mass is 32.2. The Morgan fingerprint density at radius 3 is 2.43 bits per heavy atom. The molecular weight excluding hydrogens is 497 g/mol. The van der Waals surface area contributed by atoms with E-state index < -0.39 is 21.7 Å². The van der Waals surface area contributed by atoms with Crippen LogP contribution < -0.4 is 20.5 Å². The number of carbonyl (C=O) groups excluding carboxylic acids is 1. The van der Waals surface area contributed by atoms with Crippen LogP contribution in [0.15, 0.2) is 53.6 Å². The van der Waals surface area contributed by atoms with E-state index in [1.165, 1.54) is 42.5 Å². The number of hydrogen-bond donors (Lipinski definition) is 3. The van der Waals surface area contributed by atoms with Gasteiger partial charge in [-0.3, -0.25) is 4.79 Å². The lowest BCUT2D eigenvalue weighted by atomic mass is 10.1. The van der Waals surface area contributed by atoms with Gasteiger partial charge in [-0.2, -0.15) is 8.42 Å². The molecule has 9 nitrogen and oxygen atoms in total. The van der Waals surface area contributed by atoms with Gasteiger partial charge in [0, 0.05) is 17.7 Å². The number of amides is 1. The van der Waals surface area contributed by atoms with E-state index in [-0.39, 0.29) is 40.1 Å². The van der Waals surface area contributed by atoms with Crippen LogP contribution in [-0.2, 0) is 10.0 Å². The molecule has 0 radical (unpaired) electrons. The number of ether oxygens (including phenoxy) is 1. The Bertz CT molecular complexity index is 1380. The summed E-state index contributed by atoms with van der Waals surface area (Å²) in [6.07, 6.45) is 0. The molecule has 0 bridgehead atoms. The van der Waals surface area contributed by atoms with E-state index in [2.05, 4.69) is 15.3 Å². The zero-order chi connectivity index (χ0) is 27.3. The van der Waals surface area contributed by atoms with Crippen LogP contribution in [-0.4, -0.2) is 36.9 Å². The smallest absolute Gasteiger partial charge is 0.281 e. The lowest BCUT2D eigenvalue weighted by Gasteiger charge is -2.21. The van der Waals surface area contributed by atoms with Crippen molar-refractivity contribution >= 4 is 27.6 Å². The zero-order valence-electron chi connectivity index (χ0n) is 21.4. The standard InChI is InChI=1S/C26H32FN5O4S/c1-15(2)14-36-20-12-18(11-19(27)13-20)22-10-9-21(25(30-22)29-17(5)16(3)4)26(33)32-37(34,35)24-8-6-7-23(28)31-24/h6-13,15-17H,14H2,1-5H3,(H2,28,31)(H,29,30)(H,32,33). The molecule has 0 aliphatic carbocycles. The molecule has 0 saturated carbocycles. The summed E-state index contributed by atoms with van der Waals surface area (Å²) in [4.78, 5) is 21.4. The second-order valence-electron chi connectivity index (χ2n) is 9.49. The topological polar surface area (TPSA) is 136 Å². The maximum atomic E-state index is 14.4. The number of anilines is 2. The van der Waals surface area contributed by atoms with E-state index in [1.807, 2.05) is 39.3 Å². The number of aromatic nitrogens is 2. The molecule has 0 fully saturated rings. The number of carbonyl (C=O) groups is 1. The third-order valence-electron chi connectivity index (χ3n) is 5.50. The van der Waals surface area contributed by atoms with Crippen molar-refractivity contribution < 1.29 is 22.3 Å². The first-order valence-corrected chi connectivity index (χ1v) is 13.3. The van der Waals surface area contributed by atoms with Crippen LogP contribution in [0.3, 0.4) is 0 Å². The van der Waals surface area contributed by atoms with Crippen molar-refractivity contribution in [2.75, 3.05) is 17.7 Å². The van der Waals surface area contributed by atoms with Crippen LogP contribution in [0, 0.1) is 17.7 Å². The first-order chi connectivity index (χ1) is 17.4. The molecule has 3 aromatic rings. The van der Waals surface area contributed by atoms with Crippen LogP contribution in [0.1, 0.15) is 45.0 Å². The fourth-order valence-electron chi connectivity index (χ4n) is 3.16. The molecule has 37 heavy (non-hydrogen) atoms. The van der Waals surface area contributed by atoms with E-state index in [9.17, 15) is 17.6 Å². The van der Waals surface area contributed by atoms with Crippen LogP contribution in [0.2, 0.25) is 0 Å². The summed E-state index contributed by atoms with van der Waals surface area (Å²) < 4.78 is 47.5. The SMILES string of the molecule is CC(C)COc1cc(F)cc(-c2ccc(C(=O)NS(=O)(=O)c3cccc(N)n3)c(NC(C)C(C)C)n2)c1. The van der Waals surface area contributed by atoms with Crippen LogP contribution in [0.5, 0.6) is 5.75 Å². The van der Waals surface area contributed by atoms with Crippen molar-refractivity contribution in [3.8, 4) is 17.0 Å². The molecule has 198 valence electrons. The van der Waals surface area contributed by atoms with E-state index in [0.29, 0.717) is 23.6 Å². The Hall–Kier alpha value is -3.73. The summed E-state index contributed by atoms with van der Waals surface area (Å²) in [7, 11) is -4.29. The highest BCUT2D eigenvalue weighted by Gasteiger charge is 2.24. The Morgan fingerprint density at radius 2 is 1.78 bits per heavy atom. The van der Waals surface area contributed by atoms with Gasteiger partial charge in [0.15, 0.2) is 5.03 Å². The van der Waals surface area contributed by atoms with Gasteiger partial charge in [0.2, 0.25) is 0 Å². The van der Waals surface area contributed by atoms with Crippen molar-refractivity contribution in [3.63, 3.8) is 0 Å². The molecule has 0 saturated heterocycles. The molecule has 1 atom stereocenters. The number of benzene rings is 1. The molecule has 0 spiro atoms. The lowest BCUT2D eigenvalue weighted by molar-refractivity contribution is 0.0981. The van der Waals surface area contributed by atoms with Crippen molar-refractivity contribution in [3.05, 3.63) is 59.9 Å². The normalized spacial score (nSPS) is 12.4. The van der Waals surface area contributed by atoms with Crippen LogP contribution >= 0.6 is 0 Å². The highest BCUT2D eigenvalue weighted by molar-refractivity contribution is 7.90. The van der Waals surface area contributed by atoms with E-state index in [1.54, 1.807) is 6.07 Å². The summed E-state index contributed by atoms with van der Waals surface area (Å²) in [6, 6.07) is 11.2. The third kappa shape index (κ3) is 7.39. The predicted molar refractivity (Wildman–Crippen MR) is 141 cm³/mol. The highest BCUT2D eigenvalue weighted by Crippen LogP contribution is 2.28. The first kappa shape index (κ1) is 27.9. The van der Waals surface area contributed by atoms with Gasteiger partial charge in [-0.05, 0) is 55.2 Å². The number of nitrogen functional groups attached to an aromatic ring is 1. The molecule has 11 heteroatoms. The van der Waals surface area contributed by atoms with Gasteiger partial charge in [-0.15, -0.1) is 0 Å².